The van der Waals surface area contributed by atoms with Crippen LogP contribution >= 0.6 is 0 Å². The summed E-state index contributed by atoms with van der Waals surface area (Å²) >= 11 is 0. The number of carbonyl (C=O) groups excluding carboxylic acids is 1. The van der Waals surface area contributed by atoms with Crippen molar-refractivity contribution in [1.82, 2.24) is 0 Å². The Kier molecular flexibility index (Phi) is 6.65. The Morgan fingerprint density at radius 2 is 1.12 bits per heavy atom. The van der Waals surface area contributed by atoms with E-state index in [9.17, 15) is 21.6 Å². The third-order valence-electron chi connectivity index (χ3n) is 4.08. The van der Waals surface area contributed by atoms with Crippen molar-refractivity contribution < 1.29 is 30.0 Å². The summed E-state index contributed by atoms with van der Waals surface area (Å²) in [5.74, 6) is -0.650. The molecule has 0 aromatic heterocycles. The van der Waals surface area contributed by atoms with Crippen LogP contribution in [0.1, 0.15) is 15.9 Å². The Hall–Kier alpha value is -3.96. The van der Waals surface area contributed by atoms with Gasteiger partial charge in [0.15, 0.2) is 0 Å². The van der Waals surface area contributed by atoms with Crippen LogP contribution in [0.3, 0.4) is 0 Å². The standard InChI is InChI=1S/C20H16N4O7S2/c21-13-14-1-5-16(6-2-14)24(17-7-11-19(12-8-17)31-33(23,28)29)20(25)15-3-9-18(10-4-15)30-32(22,26)27/h1-12H,(H2,22,26,27)(H2,23,28,29). The number of benzene rings is 3. The molecule has 0 radical (unpaired) electrons. The van der Waals surface area contributed by atoms with Crippen LogP contribution in [0.2, 0.25) is 0 Å². The first-order valence-corrected chi connectivity index (χ1v) is 11.9. The molecule has 0 atom stereocenters. The van der Waals surface area contributed by atoms with E-state index in [-0.39, 0.29) is 17.1 Å². The first kappa shape index (κ1) is 23.7. The lowest BCUT2D eigenvalue weighted by Gasteiger charge is -2.23. The average molecular weight is 489 g/mol. The van der Waals surface area contributed by atoms with Gasteiger partial charge >= 0.3 is 20.6 Å². The molecule has 33 heavy (non-hydrogen) atoms. The molecule has 4 N–H and O–H groups in total. The number of hydrogen-bond acceptors (Lipinski definition) is 8. The summed E-state index contributed by atoms with van der Waals surface area (Å²) in [6.07, 6.45) is 0. The summed E-state index contributed by atoms with van der Waals surface area (Å²) in [4.78, 5) is 14.6. The molecule has 170 valence electrons. The number of nitrogens with zero attached hydrogens (tertiary/aromatic N) is 2. The maximum absolute atomic E-state index is 13.3. The number of nitriles is 1. The van der Waals surface area contributed by atoms with Gasteiger partial charge in [-0.3, -0.25) is 9.69 Å². The van der Waals surface area contributed by atoms with Crippen molar-refractivity contribution in [2.24, 2.45) is 10.3 Å². The highest BCUT2D eigenvalue weighted by Gasteiger charge is 2.21. The summed E-state index contributed by atoms with van der Waals surface area (Å²) in [6, 6.07) is 18.9. The van der Waals surface area contributed by atoms with Gasteiger partial charge in [0.2, 0.25) is 0 Å². The largest absolute Gasteiger partial charge is 0.380 e. The van der Waals surface area contributed by atoms with Gasteiger partial charge in [-0.2, -0.15) is 32.4 Å². The SMILES string of the molecule is N#Cc1ccc(N(C(=O)c2ccc(OS(N)(=O)=O)cc2)c2ccc(OS(N)(=O)=O)cc2)cc1. The Balaban J connectivity index is 2.00. The molecule has 3 aromatic rings. The molecule has 0 heterocycles. The van der Waals surface area contributed by atoms with Crippen molar-refractivity contribution in [3.05, 3.63) is 83.9 Å². The van der Waals surface area contributed by atoms with Crippen LogP contribution in [0, 0.1) is 11.3 Å². The van der Waals surface area contributed by atoms with Crippen LogP contribution < -0.4 is 23.5 Å². The van der Waals surface area contributed by atoms with Crippen molar-refractivity contribution in [3.63, 3.8) is 0 Å². The molecule has 0 unspecified atom stereocenters. The normalized spacial score (nSPS) is 11.3. The molecule has 3 aromatic carbocycles. The van der Waals surface area contributed by atoms with Crippen LogP contribution in [0.15, 0.2) is 72.8 Å². The van der Waals surface area contributed by atoms with E-state index in [0.29, 0.717) is 16.9 Å². The molecule has 3 rings (SSSR count). The van der Waals surface area contributed by atoms with E-state index < -0.39 is 26.5 Å². The number of anilines is 2. The van der Waals surface area contributed by atoms with Gasteiger partial charge in [-0.05, 0) is 72.8 Å². The first-order chi connectivity index (χ1) is 15.4. The Labute approximate surface area is 189 Å². The number of rotatable bonds is 7. The maximum atomic E-state index is 13.3. The molecule has 0 aliphatic carbocycles. The predicted molar refractivity (Wildman–Crippen MR) is 118 cm³/mol. The minimum Gasteiger partial charge on any atom is -0.371 e. The van der Waals surface area contributed by atoms with E-state index >= 15 is 0 Å². The number of amides is 1. The molecule has 0 aliphatic heterocycles. The van der Waals surface area contributed by atoms with Gasteiger partial charge in [0.25, 0.3) is 5.91 Å². The van der Waals surface area contributed by atoms with Crippen LogP contribution in [-0.4, -0.2) is 22.7 Å². The minimum atomic E-state index is -4.22. The summed E-state index contributed by atoms with van der Waals surface area (Å²) in [6.45, 7) is 0. The van der Waals surface area contributed by atoms with Crippen molar-refractivity contribution in [1.29, 1.82) is 5.26 Å². The highest BCUT2D eigenvalue weighted by molar-refractivity contribution is 7.85. The third-order valence-corrected chi connectivity index (χ3v) is 4.93. The molecule has 0 aliphatic rings. The Morgan fingerprint density at radius 3 is 1.52 bits per heavy atom. The molecule has 0 saturated carbocycles. The maximum Gasteiger partial charge on any atom is 0.380 e. The lowest BCUT2D eigenvalue weighted by molar-refractivity contribution is 0.0999. The van der Waals surface area contributed by atoms with Gasteiger partial charge in [-0.1, -0.05) is 0 Å². The second kappa shape index (κ2) is 9.27. The van der Waals surface area contributed by atoms with Crippen molar-refractivity contribution in [2.75, 3.05) is 4.90 Å². The van der Waals surface area contributed by atoms with E-state index in [0.717, 1.165) is 0 Å². The fraction of sp³-hybridized carbons (Fsp3) is 0. The summed E-state index contributed by atoms with van der Waals surface area (Å²) < 4.78 is 53.5. The molecule has 11 nitrogen and oxygen atoms in total. The molecule has 0 saturated heterocycles. The van der Waals surface area contributed by atoms with E-state index in [4.69, 9.17) is 15.5 Å². The zero-order chi connectivity index (χ0) is 24.2. The Bertz CT molecular complexity index is 1410. The smallest absolute Gasteiger partial charge is 0.371 e. The predicted octanol–water partition coefficient (Wildman–Crippen LogP) is 1.70. The lowest BCUT2D eigenvalue weighted by atomic mass is 10.1. The van der Waals surface area contributed by atoms with Crippen molar-refractivity contribution in [2.45, 2.75) is 0 Å². The number of nitrogens with two attached hydrogens (primary N) is 2. The fourth-order valence-corrected chi connectivity index (χ4v) is 3.53. The quantitative estimate of drug-likeness (QED) is 0.503. The topological polar surface area (TPSA) is 183 Å². The highest BCUT2D eigenvalue weighted by Crippen LogP contribution is 2.30. The van der Waals surface area contributed by atoms with Gasteiger partial charge in [-0.25, -0.2) is 0 Å². The summed E-state index contributed by atoms with van der Waals surface area (Å²) in [7, 11) is -8.44. The molecular weight excluding hydrogens is 472 g/mol. The number of carbonyl (C=O) groups is 1. The van der Waals surface area contributed by atoms with Crippen LogP contribution in [-0.2, 0) is 20.6 Å². The van der Waals surface area contributed by atoms with E-state index in [1.165, 1.54) is 65.6 Å². The van der Waals surface area contributed by atoms with Gasteiger partial charge in [0.1, 0.15) is 11.5 Å². The summed E-state index contributed by atoms with van der Waals surface area (Å²) in [5, 5.41) is 18.7. The van der Waals surface area contributed by atoms with E-state index in [2.05, 4.69) is 8.37 Å². The van der Waals surface area contributed by atoms with Gasteiger partial charge < -0.3 is 8.37 Å². The van der Waals surface area contributed by atoms with E-state index in [1.54, 1.807) is 12.1 Å². The highest BCUT2D eigenvalue weighted by atomic mass is 32.2. The van der Waals surface area contributed by atoms with Crippen LogP contribution in [0.25, 0.3) is 0 Å². The van der Waals surface area contributed by atoms with Gasteiger partial charge in [0, 0.05) is 16.9 Å². The minimum absolute atomic E-state index is 0.0574. The molecule has 0 fully saturated rings. The second-order valence-corrected chi connectivity index (χ2v) is 8.77. The molecule has 0 spiro atoms. The third kappa shape index (κ3) is 6.51. The monoisotopic (exact) mass is 488 g/mol. The second-order valence-electron chi connectivity index (χ2n) is 6.47. The lowest BCUT2D eigenvalue weighted by Crippen LogP contribution is -2.26. The fourth-order valence-electron chi connectivity index (χ4n) is 2.77. The summed E-state index contributed by atoms with van der Waals surface area (Å²) in [5.41, 5.74) is 1.30. The van der Waals surface area contributed by atoms with Crippen LogP contribution in [0.4, 0.5) is 11.4 Å². The van der Waals surface area contributed by atoms with E-state index in [1.807, 2.05) is 6.07 Å². The number of hydrogen-bond donors (Lipinski definition) is 2. The molecule has 0 bridgehead atoms. The molecule has 13 heteroatoms. The zero-order valence-corrected chi connectivity index (χ0v) is 18.3. The average Bonchev–Trinajstić information content (AvgIpc) is 2.74. The first-order valence-electron chi connectivity index (χ1n) is 8.94. The zero-order valence-electron chi connectivity index (χ0n) is 16.7. The molecular formula is C20H16N4O7S2. The molecule has 1 amide bonds. The Morgan fingerprint density at radius 1 is 0.727 bits per heavy atom. The van der Waals surface area contributed by atoms with Gasteiger partial charge in [0.05, 0.1) is 11.6 Å². The van der Waals surface area contributed by atoms with Gasteiger partial charge in [-0.15, -0.1) is 0 Å². The van der Waals surface area contributed by atoms with Crippen molar-refractivity contribution >= 4 is 37.9 Å². The van der Waals surface area contributed by atoms with Crippen LogP contribution in [0.5, 0.6) is 11.5 Å². The van der Waals surface area contributed by atoms with Crippen molar-refractivity contribution in [3.8, 4) is 17.6 Å².